The number of hydrogen-bond acceptors (Lipinski definition) is 10. The number of carbonyl (C=O) groups is 1. The number of amides is 1. The molecule has 3 fully saturated rings. The van der Waals surface area contributed by atoms with E-state index in [1.54, 1.807) is 13.8 Å². The molecule has 162 valence electrons. The van der Waals surface area contributed by atoms with E-state index in [9.17, 15) is 25.2 Å². The molecule has 0 unspecified atom stereocenters. The highest BCUT2D eigenvalue weighted by Gasteiger charge is 2.57. The molecule has 0 bridgehead atoms. The Hall–Kier alpha value is -0.890. The number of methoxy groups -OCH3 is 1. The van der Waals surface area contributed by atoms with Gasteiger partial charge in [-0.1, -0.05) is 0 Å². The zero-order valence-electron chi connectivity index (χ0n) is 16.3. The number of aliphatic hydroxyl groups excluding tert-OH is 4. The second-order valence-corrected chi connectivity index (χ2v) is 7.74. The summed E-state index contributed by atoms with van der Waals surface area (Å²) in [4.78, 5) is 13.7. The van der Waals surface area contributed by atoms with Crippen LogP contribution in [0.3, 0.4) is 0 Å². The number of fused-ring (bicyclic) bond motifs is 1. The smallest absolute Gasteiger partial charge is 0.219 e. The van der Waals surface area contributed by atoms with E-state index in [1.165, 1.54) is 18.9 Å². The zero-order valence-corrected chi connectivity index (χ0v) is 16.3. The number of aliphatic hydroxyl groups is 4. The summed E-state index contributed by atoms with van der Waals surface area (Å²) in [7, 11) is 1.33. The van der Waals surface area contributed by atoms with Crippen molar-refractivity contribution in [3.05, 3.63) is 0 Å². The highest BCUT2D eigenvalue weighted by Crippen LogP contribution is 2.38. The molecule has 1 amide bonds. The number of rotatable bonds is 5. The average Bonchev–Trinajstić information content (AvgIpc) is 3.08. The summed E-state index contributed by atoms with van der Waals surface area (Å²) >= 11 is 0. The lowest BCUT2D eigenvalue weighted by Crippen LogP contribution is -2.65. The van der Waals surface area contributed by atoms with Gasteiger partial charge in [0.1, 0.15) is 36.6 Å². The fourth-order valence-electron chi connectivity index (χ4n) is 3.99. The van der Waals surface area contributed by atoms with E-state index >= 15 is 0 Å². The quantitative estimate of drug-likeness (QED) is 0.386. The minimum Gasteiger partial charge on any atom is -0.394 e. The molecule has 0 aromatic heterocycles. The Labute approximate surface area is 162 Å². The molecule has 0 spiro atoms. The number of ether oxygens (including phenoxy) is 5. The van der Waals surface area contributed by atoms with Gasteiger partial charge >= 0.3 is 0 Å². The molecule has 0 saturated carbocycles. The third kappa shape index (κ3) is 3.91. The maximum absolute atomic E-state index is 12.4. The molecule has 0 aromatic rings. The molecule has 3 saturated heterocycles. The molecule has 0 radical (unpaired) electrons. The lowest BCUT2D eigenvalue weighted by Gasteiger charge is -2.45. The van der Waals surface area contributed by atoms with Crippen LogP contribution in [0.5, 0.6) is 0 Å². The average molecular weight is 407 g/mol. The SMILES string of the molecule is CO[C@@H]1O[C@H](CN(C(C)=O)[C@@H]2[C@H](O)[C@@H](CO)O[C@@H]3OC(C)(C)O[C@@H]32)[C@@H](O)[C@H]1O. The van der Waals surface area contributed by atoms with Gasteiger partial charge in [-0.3, -0.25) is 4.79 Å². The number of carbonyl (C=O) groups excluding carboxylic acids is 1. The Morgan fingerprint density at radius 1 is 1.07 bits per heavy atom. The molecule has 4 N–H and O–H groups in total. The van der Waals surface area contributed by atoms with Gasteiger partial charge in [-0.05, 0) is 13.8 Å². The summed E-state index contributed by atoms with van der Waals surface area (Å²) in [5.41, 5.74) is 0. The van der Waals surface area contributed by atoms with Gasteiger partial charge in [0.05, 0.1) is 19.2 Å². The Morgan fingerprint density at radius 2 is 1.75 bits per heavy atom. The summed E-state index contributed by atoms with van der Waals surface area (Å²) in [5, 5.41) is 40.6. The first-order valence-electron chi connectivity index (χ1n) is 9.21. The minimum absolute atomic E-state index is 0.139. The normalized spacial score (nSPS) is 45.1. The molecule has 9 atom stereocenters. The van der Waals surface area contributed by atoms with E-state index in [2.05, 4.69) is 0 Å². The molecule has 3 aliphatic heterocycles. The van der Waals surface area contributed by atoms with E-state index in [0.29, 0.717) is 0 Å². The van der Waals surface area contributed by atoms with Crippen molar-refractivity contribution in [1.82, 2.24) is 4.90 Å². The van der Waals surface area contributed by atoms with Crippen LogP contribution in [-0.2, 0) is 28.5 Å². The van der Waals surface area contributed by atoms with Crippen molar-refractivity contribution in [2.45, 2.75) is 81.8 Å². The van der Waals surface area contributed by atoms with Crippen LogP contribution >= 0.6 is 0 Å². The van der Waals surface area contributed by atoms with Gasteiger partial charge in [0.2, 0.25) is 5.91 Å². The van der Waals surface area contributed by atoms with Crippen molar-refractivity contribution in [3.63, 3.8) is 0 Å². The Bertz CT molecular complexity index is 574. The van der Waals surface area contributed by atoms with E-state index in [1.807, 2.05) is 0 Å². The molecule has 3 rings (SSSR count). The maximum atomic E-state index is 12.4. The van der Waals surface area contributed by atoms with Gasteiger partial charge in [0, 0.05) is 14.0 Å². The molecular weight excluding hydrogens is 378 g/mol. The van der Waals surface area contributed by atoms with Gasteiger partial charge in [-0.2, -0.15) is 0 Å². The molecule has 11 heteroatoms. The molecule has 0 aliphatic carbocycles. The molecule has 28 heavy (non-hydrogen) atoms. The fraction of sp³-hybridized carbons (Fsp3) is 0.941. The monoisotopic (exact) mass is 407 g/mol. The van der Waals surface area contributed by atoms with Crippen molar-refractivity contribution >= 4 is 5.91 Å². The second-order valence-electron chi connectivity index (χ2n) is 7.74. The summed E-state index contributed by atoms with van der Waals surface area (Å²) in [5.74, 6) is -1.43. The van der Waals surface area contributed by atoms with Crippen LogP contribution in [0.25, 0.3) is 0 Å². The lowest BCUT2D eigenvalue weighted by molar-refractivity contribution is -0.248. The fourth-order valence-corrected chi connectivity index (χ4v) is 3.99. The van der Waals surface area contributed by atoms with Crippen LogP contribution in [0.2, 0.25) is 0 Å². The third-order valence-corrected chi connectivity index (χ3v) is 5.34. The Balaban J connectivity index is 1.85. The van der Waals surface area contributed by atoms with Gasteiger partial charge in [0.15, 0.2) is 18.4 Å². The van der Waals surface area contributed by atoms with E-state index in [4.69, 9.17) is 23.7 Å². The molecule has 3 aliphatic rings. The first-order chi connectivity index (χ1) is 13.1. The van der Waals surface area contributed by atoms with Crippen molar-refractivity contribution in [1.29, 1.82) is 0 Å². The van der Waals surface area contributed by atoms with Gasteiger partial charge < -0.3 is 49.0 Å². The zero-order chi connectivity index (χ0) is 20.8. The molecule has 11 nitrogen and oxygen atoms in total. The minimum atomic E-state index is -1.29. The standard InChI is InChI=1S/C17H29NO10/c1-7(20)18(5-8-12(22)13(23)15(24-4)25-8)10-11(21)9(6-19)26-16-14(10)27-17(2,3)28-16/h8-16,19,21-23H,5-6H2,1-4H3/t8-,9-,10-,11-,12-,13-,14-,15-,16-/m1/s1. The summed E-state index contributed by atoms with van der Waals surface area (Å²) in [6.07, 6.45) is -8.51. The van der Waals surface area contributed by atoms with Crippen LogP contribution in [0, 0.1) is 0 Å². The topological polar surface area (TPSA) is 147 Å². The first kappa shape index (κ1) is 21.8. The van der Waals surface area contributed by atoms with E-state index < -0.39 is 73.5 Å². The first-order valence-corrected chi connectivity index (χ1v) is 9.21. The van der Waals surface area contributed by atoms with Crippen LogP contribution in [0.1, 0.15) is 20.8 Å². The molecule has 0 aromatic carbocycles. The number of hydrogen-bond donors (Lipinski definition) is 4. The molecule has 3 heterocycles. The summed E-state index contributed by atoms with van der Waals surface area (Å²) in [6.45, 7) is 4.03. The summed E-state index contributed by atoms with van der Waals surface area (Å²) < 4.78 is 27.6. The Kier molecular flexibility index (Phi) is 6.30. The van der Waals surface area contributed by atoms with Crippen LogP contribution in [0.15, 0.2) is 0 Å². The van der Waals surface area contributed by atoms with Gasteiger partial charge in [-0.15, -0.1) is 0 Å². The lowest BCUT2D eigenvalue weighted by atomic mass is 9.94. The van der Waals surface area contributed by atoms with Gasteiger partial charge in [-0.25, -0.2) is 0 Å². The van der Waals surface area contributed by atoms with Crippen LogP contribution in [-0.4, -0.2) is 113 Å². The van der Waals surface area contributed by atoms with Crippen molar-refractivity contribution < 1.29 is 48.9 Å². The highest BCUT2D eigenvalue weighted by molar-refractivity contribution is 5.74. The van der Waals surface area contributed by atoms with Crippen molar-refractivity contribution in [3.8, 4) is 0 Å². The number of nitrogens with zero attached hydrogens (tertiary/aromatic N) is 1. The molecular formula is C17H29NO10. The highest BCUT2D eigenvalue weighted by atomic mass is 16.8. The predicted octanol–water partition coefficient (Wildman–Crippen LogP) is -2.47. The summed E-state index contributed by atoms with van der Waals surface area (Å²) in [6, 6.07) is -0.926. The van der Waals surface area contributed by atoms with Gasteiger partial charge in [0.25, 0.3) is 0 Å². The van der Waals surface area contributed by atoms with Crippen LogP contribution < -0.4 is 0 Å². The van der Waals surface area contributed by atoms with Crippen LogP contribution in [0.4, 0.5) is 0 Å². The van der Waals surface area contributed by atoms with E-state index in [-0.39, 0.29) is 6.54 Å². The van der Waals surface area contributed by atoms with E-state index in [0.717, 1.165) is 0 Å². The third-order valence-electron chi connectivity index (χ3n) is 5.34. The Morgan fingerprint density at radius 3 is 2.29 bits per heavy atom. The maximum Gasteiger partial charge on any atom is 0.219 e. The second kappa shape index (κ2) is 8.09. The van der Waals surface area contributed by atoms with Crippen molar-refractivity contribution in [2.75, 3.05) is 20.3 Å². The predicted molar refractivity (Wildman–Crippen MR) is 90.6 cm³/mol. The van der Waals surface area contributed by atoms with Crippen molar-refractivity contribution in [2.24, 2.45) is 0 Å². The largest absolute Gasteiger partial charge is 0.394 e.